The van der Waals surface area contributed by atoms with Gasteiger partial charge < -0.3 is 9.47 Å². The van der Waals surface area contributed by atoms with E-state index in [-0.39, 0.29) is 12.4 Å². The minimum atomic E-state index is -0.639. The number of morpholine rings is 1. The molecular formula is C18H25NO4. The van der Waals surface area contributed by atoms with Crippen molar-refractivity contribution < 1.29 is 19.1 Å². The molecule has 2 rings (SSSR count). The molecule has 1 heterocycles. The van der Waals surface area contributed by atoms with Crippen LogP contribution in [0, 0.1) is 13.8 Å². The van der Waals surface area contributed by atoms with E-state index in [1.165, 1.54) is 4.90 Å². The van der Waals surface area contributed by atoms with E-state index in [9.17, 15) is 9.59 Å². The van der Waals surface area contributed by atoms with Gasteiger partial charge in [-0.1, -0.05) is 23.8 Å². The van der Waals surface area contributed by atoms with E-state index in [2.05, 4.69) is 0 Å². The summed E-state index contributed by atoms with van der Waals surface area (Å²) in [5.41, 5.74) is 2.04. The second-order valence-corrected chi connectivity index (χ2v) is 6.95. The molecule has 0 spiro atoms. The Morgan fingerprint density at radius 1 is 1.26 bits per heavy atom. The van der Waals surface area contributed by atoms with Gasteiger partial charge in [0.15, 0.2) is 5.78 Å². The van der Waals surface area contributed by atoms with Gasteiger partial charge in [0, 0.05) is 12.1 Å². The predicted octanol–water partition coefficient (Wildman–Crippen LogP) is 3.12. The molecule has 0 aromatic heterocycles. The molecule has 1 saturated heterocycles. The maximum Gasteiger partial charge on any atom is 0.411 e. The lowest BCUT2D eigenvalue weighted by molar-refractivity contribution is -0.0265. The molecule has 1 aliphatic heterocycles. The molecule has 0 bridgehead atoms. The van der Waals surface area contributed by atoms with Crippen LogP contribution in [-0.2, 0) is 9.47 Å². The first-order valence-electron chi connectivity index (χ1n) is 7.88. The first-order valence-corrected chi connectivity index (χ1v) is 7.88. The molecule has 1 aliphatic rings. The van der Waals surface area contributed by atoms with Crippen LogP contribution in [0.3, 0.4) is 0 Å². The van der Waals surface area contributed by atoms with E-state index in [0.717, 1.165) is 11.1 Å². The largest absolute Gasteiger partial charge is 0.444 e. The minimum absolute atomic E-state index is 0.104. The van der Waals surface area contributed by atoms with Gasteiger partial charge in [-0.25, -0.2) is 4.79 Å². The third-order valence-electron chi connectivity index (χ3n) is 3.71. The number of nitrogens with zero attached hydrogens (tertiary/aromatic N) is 1. The molecule has 1 amide bonds. The molecule has 5 heteroatoms. The second kappa shape index (κ2) is 6.71. The lowest BCUT2D eigenvalue weighted by Crippen LogP contribution is -2.53. The first-order chi connectivity index (χ1) is 10.7. The Morgan fingerprint density at radius 2 is 1.96 bits per heavy atom. The summed E-state index contributed by atoms with van der Waals surface area (Å²) in [6, 6.07) is 5.05. The Bertz CT molecular complexity index is 604. The van der Waals surface area contributed by atoms with Crippen molar-refractivity contribution in [3.63, 3.8) is 0 Å². The molecule has 0 aliphatic carbocycles. The van der Waals surface area contributed by atoms with Crippen molar-refractivity contribution in [2.75, 3.05) is 19.8 Å². The number of ketones is 1. The Labute approximate surface area is 137 Å². The molecule has 5 nitrogen and oxygen atoms in total. The van der Waals surface area contributed by atoms with Crippen LogP contribution in [0.15, 0.2) is 18.2 Å². The van der Waals surface area contributed by atoms with E-state index >= 15 is 0 Å². The maximum absolute atomic E-state index is 12.9. The lowest BCUT2D eigenvalue weighted by atomic mass is 9.97. The number of amides is 1. The highest BCUT2D eigenvalue weighted by atomic mass is 16.6. The van der Waals surface area contributed by atoms with Crippen molar-refractivity contribution in [1.29, 1.82) is 0 Å². The fourth-order valence-corrected chi connectivity index (χ4v) is 2.63. The standard InChI is InChI=1S/C18H25NO4/c1-12-6-7-14(13(2)10-12)16(20)15-11-22-9-8-19(15)17(21)23-18(3,4)5/h6-7,10,15H,8-9,11H2,1-5H3. The molecule has 1 aromatic carbocycles. The average molecular weight is 319 g/mol. The van der Waals surface area contributed by atoms with Crippen LogP contribution in [0.25, 0.3) is 0 Å². The molecule has 1 aromatic rings. The zero-order valence-electron chi connectivity index (χ0n) is 14.5. The summed E-state index contributed by atoms with van der Waals surface area (Å²) in [4.78, 5) is 26.8. The molecule has 0 radical (unpaired) electrons. The predicted molar refractivity (Wildman–Crippen MR) is 87.8 cm³/mol. The number of carbonyl (C=O) groups is 2. The number of Topliss-reactive ketones (excluding diaryl/α,β-unsaturated/α-hetero) is 1. The summed E-state index contributed by atoms with van der Waals surface area (Å²) in [5.74, 6) is -0.104. The van der Waals surface area contributed by atoms with Crippen molar-refractivity contribution in [2.24, 2.45) is 0 Å². The van der Waals surface area contributed by atoms with Crippen LogP contribution in [0.5, 0.6) is 0 Å². The zero-order chi connectivity index (χ0) is 17.2. The van der Waals surface area contributed by atoms with E-state index in [1.807, 2.05) is 52.8 Å². The summed E-state index contributed by atoms with van der Waals surface area (Å²) >= 11 is 0. The molecule has 1 unspecified atom stereocenters. The Hall–Kier alpha value is -1.88. The highest BCUT2D eigenvalue weighted by Crippen LogP contribution is 2.20. The van der Waals surface area contributed by atoms with Crippen molar-refractivity contribution in [3.8, 4) is 0 Å². The van der Waals surface area contributed by atoms with Crippen LogP contribution < -0.4 is 0 Å². The number of ether oxygens (including phenoxy) is 2. The zero-order valence-corrected chi connectivity index (χ0v) is 14.5. The molecular weight excluding hydrogens is 294 g/mol. The van der Waals surface area contributed by atoms with Crippen molar-refractivity contribution >= 4 is 11.9 Å². The molecule has 0 saturated carbocycles. The monoisotopic (exact) mass is 319 g/mol. The minimum Gasteiger partial charge on any atom is -0.444 e. The summed E-state index contributed by atoms with van der Waals surface area (Å²) in [6.45, 7) is 10.3. The SMILES string of the molecule is Cc1ccc(C(=O)C2COCCN2C(=O)OC(C)(C)C)c(C)c1. The van der Waals surface area contributed by atoms with Gasteiger partial charge in [-0.2, -0.15) is 0 Å². The average Bonchev–Trinajstić information content (AvgIpc) is 2.45. The third kappa shape index (κ3) is 4.32. The smallest absolute Gasteiger partial charge is 0.411 e. The summed E-state index contributed by atoms with van der Waals surface area (Å²) in [6.07, 6.45) is -0.469. The lowest BCUT2D eigenvalue weighted by Gasteiger charge is -2.35. The van der Waals surface area contributed by atoms with E-state index in [4.69, 9.17) is 9.47 Å². The van der Waals surface area contributed by atoms with Gasteiger partial charge in [0.25, 0.3) is 0 Å². The van der Waals surface area contributed by atoms with Gasteiger partial charge in [-0.3, -0.25) is 9.69 Å². The van der Waals surface area contributed by atoms with Gasteiger partial charge in [0.1, 0.15) is 11.6 Å². The summed E-state index contributed by atoms with van der Waals surface area (Å²) < 4.78 is 10.9. The number of carbonyl (C=O) groups excluding carboxylic acids is 2. The van der Waals surface area contributed by atoms with E-state index in [1.54, 1.807) is 0 Å². The number of rotatable bonds is 2. The number of benzene rings is 1. The van der Waals surface area contributed by atoms with E-state index in [0.29, 0.717) is 18.7 Å². The van der Waals surface area contributed by atoms with Gasteiger partial charge in [0.2, 0.25) is 0 Å². The second-order valence-electron chi connectivity index (χ2n) is 6.95. The fourth-order valence-electron chi connectivity index (χ4n) is 2.63. The Balaban J connectivity index is 2.23. The van der Waals surface area contributed by atoms with Gasteiger partial charge >= 0.3 is 6.09 Å². The van der Waals surface area contributed by atoms with Crippen LogP contribution in [0.1, 0.15) is 42.3 Å². The van der Waals surface area contributed by atoms with Gasteiger partial charge in [-0.15, -0.1) is 0 Å². The highest BCUT2D eigenvalue weighted by Gasteiger charge is 2.36. The van der Waals surface area contributed by atoms with Crippen molar-refractivity contribution in [2.45, 2.75) is 46.3 Å². The third-order valence-corrected chi connectivity index (χ3v) is 3.71. The number of aryl methyl sites for hydroxylation is 2. The molecule has 126 valence electrons. The molecule has 1 atom stereocenters. The van der Waals surface area contributed by atoms with Gasteiger partial charge in [-0.05, 0) is 40.2 Å². The number of hydrogen-bond acceptors (Lipinski definition) is 4. The topological polar surface area (TPSA) is 55.8 Å². The Morgan fingerprint density at radius 3 is 2.57 bits per heavy atom. The van der Waals surface area contributed by atoms with E-state index < -0.39 is 17.7 Å². The molecule has 1 fully saturated rings. The molecule has 23 heavy (non-hydrogen) atoms. The van der Waals surface area contributed by atoms with Gasteiger partial charge in [0.05, 0.1) is 13.2 Å². The molecule has 0 N–H and O–H groups in total. The Kier molecular flexibility index (Phi) is 5.09. The normalized spacial score (nSPS) is 18.7. The first kappa shape index (κ1) is 17.5. The maximum atomic E-state index is 12.9. The van der Waals surface area contributed by atoms with Crippen LogP contribution in [-0.4, -0.2) is 48.2 Å². The fraction of sp³-hybridized carbons (Fsp3) is 0.556. The van der Waals surface area contributed by atoms with Crippen LogP contribution >= 0.6 is 0 Å². The van der Waals surface area contributed by atoms with Crippen molar-refractivity contribution in [1.82, 2.24) is 4.90 Å². The van der Waals surface area contributed by atoms with Crippen LogP contribution in [0.2, 0.25) is 0 Å². The van der Waals surface area contributed by atoms with Crippen molar-refractivity contribution in [3.05, 3.63) is 34.9 Å². The quantitative estimate of drug-likeness (QED) is 0.786. The highest BCUT2D eigenvalue weighted by molar-refractivity contribution is 6.02. The summed E-state index contributed by atoms with van der Waals surface area (Å²) in [5, 5.41) is 0. The number of hydrogen-bond donors (Lipinski definition) is 0. The summed E-state index contributed by atoms with van der Waals surface area (Å²) in [7, 11) is 0. The van der Waals surface area contributed by atoms with Crippen LogP contribution in [0.4, 0.5) is 4.79 Å².